The number of piperidine rings is 1. The van der Waals surface area contributed by atoms with E-state index in [1.807, 2.05) is 6.07 Å². The van der Waals surface area contributed by atoms with Gasteiger partial charge in [0.25, 0.3) is 0 Å². The van der Waals surface area contributed by atoms with E-state index in [2.05, 4.69) is 40.6 Å². The van der Waals surface area contributed by atoms with E-state index < -0.39 is 0 Å². The van der Waals surface area contributed by atoms with E-state index in [9.17, 15) is 5.26 Å². The second kappa shape index (κ2) is 5.32. The van der Waals surface area contributed by atoms with Crippen LogP contribution in [0.1, 0.15) is 31.2 Å². The number of fused-ring (bicyclic) bond motifs is 1. The third kappa shape index (κ3) is 2.65. The molecule has 0 spiro atoms. The quantitative estimate of drug-likeness (QED) is 0.900. The molecule has 3 rings (SSSR count). The number of rotatable bonds is 3. The Morgan fingerprint density at radius 2 is 2.16 bits per heavy atom. The van der Waals surface area contributed by atoms with Crippen LogP contribution < -0.4 is 5.32 Å². The smallest absolute Gasteiger partial charge is 0.109 e. The van der Waals surface area contributed by atoms with E-state index in [4.69, 9.17) is 0 Å². The molecule has 0 radical (unpaired) electrons. The lowest BCUT2D eigenvalue weighted by atomic mass is 9.84. The molecule has 1 N–H and O–H groups in total. The average molecular weight is 255 g/mol. The van der Waals surface area contributed by atoms with Crippen LogP contribution in [0.25, 0.3) is 0 Å². The fraction of sp³-hybridized carbons (Fsp3) is 0.562. The lowest BCUT2D eigenvalue weighted by molar-refractivity contribution is 0.136. The molecule has 3 heteroatoms. The van der Waals surface area contributed by atoms with E-state index >= 15 is 0 Å². The topological polar surface area (TPSA) is 39.1 Å². The first kappa shape index (κ1) is 12.7. The Labute approximate surface area is 115 Å². The monoisotopic (exact) mass is 255 g/mol. The van der Waals surface area contributed by atoms with Crippen LogP contribution in [-0.4, -0.2) is 29.6 Å². The normalized spacial score (nSPS) is 30.8. The Hall–Kier alpha value is -1.37. The van der Waals surface area contributed by atoms with Gasteiger partial charge >= 0.3 is 0 Å². The van der Waals surface area contributed by atoms with E-state index in [0.29, 0.717) is 6.04 Å². The molecule has 0 bridgehead atoms. The predicted molar refractivity (Wildman–Crippen MR) is 75.5 cm³/mol. The summed E-state index contributed by atoms with van der Waals surface area (Å²) in [6, 6.07) is 13.5. The zero-order valence-electron chi connectivity index (χ0n) is 11.3. The third-order valence-electron chi connectivity index (χ3n) is 4.60. The molecule has 3 nitrogen and oxygen atoms in total. The number of nitriles is 1. The minimum Gasteiger partial charge on any atom is -0.300 e. The number of nitrogens with zero attached hydrogens (tertiary/aromatic N) is 2. The van der Waals surface area contributed by atoms with Gasteiger partial charge in [-0.1, -0.05) is 30.3 Å². The lowest BCUT2D eigenvalue weighted by Crippen LogP contribution is -2.54. The molecule has 2 aliphatic heterocycles. The second-order valence-electron chi connectivity index (χ2n) is 5.82. The SMILES string of the molecule is N#CC1(NCc2ccccc2)CCN2CCCC2C1. The molecule has 2 heterocycles. The van der Waals surface area contributed by atoms with Gasteiger partial charge in [0, 0.05) is 19.1 Å². The van der Waals surface area contributed by atoms with Gasteiger partial charge in [0.2, 0.25) is 0 Å². The van der Waals surface area contributed by atoms with Gasteiger partial charge in [0.15, 0.2) is 0 Å². The molecular formula is C16H21N3. The fourth-order valence-corrected chi connectivity index (χ4v) is 3.43. The first-order chi connectivity index (χ1) is 9.31. The van der Waals surface area contributed by atoms with Crippen molar-refractivity contribution in [1.82, 2.24) is 10.2 Å². The van der Waals surface area contributed by atoms with Gasteiger partial charge in [-0.15, -0.1) is 0 Å². The van der Waals surface area contributed by atoms with Gasteiger partial charge < -0.3 is 4.90 Å². The number of benzene rings is 1. The van der Waals surface area contributed by atoms with E-state index in [1.54, 1.807) is 0 Å². The van der Waals surface area contributed by atoms with Gasteiger partial charge in [0.1, 0.15) is 5.54 Å². The van der Waals surface area contributed by atoms with Crippen molar-refractivity contribution in [3.8, 4) is 6.07 Å². The Kier molecular flexibility index (Phi) is 3.54. The molecule has 19 heavy (non-hydrogen) atoms. The van der Waals surface area contributed by atoms with E-state index in [-0.39, 0.29) is 5.54 Å². The Morgan fingerprint density at radius 3 is 2.95 bits per heavy atom. The molecule has 0 amide bonds. The summed E-state index contributed by atoms with van der Waals surface area (Å²) in [7, 11) is 0. The van der Waals surface area contributed by atoms with Crippen molar-refractivity contribution in [2.45, 2.75) is 43.8 Å². The third-order valence-corrected chi connectivity index (χ3v) is 4.60. The number of nitrogens with one attached hydrogen (secondary N) is 1. The van der Waals surface area contributed by atoms with Crippen molar-refractivity contribution in [3.05, 3.63) is 35.9 Å². The molecule has 2 unspecified atom stereocenters. The maximum absolute atomic E-state index is 9.61. The average Bonchev–Trinajstić information content (AvgIpc) is 2.93. The summed E-state index contributed by atoms with van der Waals surface area (Å²) in [6.45, 7) is 3.09. The minimum atomic E-state index is -0.318. The molecule has 2 saturated heterocycles. The Balaban J connectivity index is 1.65. The highest BCUT2D eigenvalue weighted by Gasteiger charge is 2.41. The lowest BCUT2D eigenvalue weighted by Gasteiger charge is -2.40. The van der Waals surface area contributed by atoms with E-state index in [0.717, 1.165) is 25.9 Å². The van der Waals surface area contributed by atoms with Crippen LogP contribution in [0, 0.1) is 11.3 Å². The highest BCUT2D eigenvalue weighted by Crippen LogP contribution is 2.32. The highest BCUT2D eigenvalue weighted by molar-refractivity contribution is 5.18. The summed E-state index contributed by atoms with van der Waals surface area (Å²) in [5, 5.41) is 13.1. The standard InChI is InChI=1S/C16H21N3/c17-13-16(18-12-14-5-2-1-3-6-14)8-10-19-9-4-7-15(19)11-16/h1-3,5-6,15,18H,4,7-12H2. The molecule has 0 aromatic heterocycles. The molecule has 2 atom stereocenters. The largest absolute Gasteiger partial charge is 0.300 e. The molecular weight excluding hydrogens is 234 g/mol. The summed E-state index contributed by atoms with van der Waals surface area (Å²) >= 11 is 0. The molecule has 0 aliphatic carbocycles. The highest BCUT2D eigenvalue weighted by atomic mass is 15.2. The van der Waals surface area contributed by atoms with Crippen molar-refractivity contribution < 1.29 is 0 Å². The maximum Gasteiger partial charge on any atom is 0.109 e. The van der Waals surface area contributed by atoms with Crippen molar-refractivity contribution in [3.63, 3.8) is 0 Å². The Bertz CT molecular complexity index is 465. The van der Waals surface area contributed by atoms with Crippen molar-refractivity contribution in [1.29, 1.82) is 5.26 Å². The van der Waals surface area contributed by atoms with Crippen LogP contribution in [0.5, 0.6) is 0 Å². The van der Waals surface area contributed by atoms with E-state index in [1.165, 1.54) is 24.9 Å². The van der Waals surface area contributed by atoms with Gasteiger partial charge in [0.05, 0.1) is 6.07 Å². The van der Waals surface area contributed by atoms with Crippen LogP contribution >= 0.6 is 0 Å². The second-order valence-corrected chi connectivity index (χ2v) is 5.82. The van der Waals surface area contributed by atoms with Crippen LogP contribution in [0.4, 0.5) is 0 Å². The zero-order valence-corrected chi connectivity index (χ0v) is 11.3. The van der Waals surface area contributed by atoms with Crippen molar-refractivity contribution >= 4 is 0 Å². The first-order valence-electron chi connectivity index (χ1n) is 7.26. The molecule has 0 saturated carbocycles. The fourth-order valence-electron chi connectivity index (χ4n) is 3.43. The Morgan fingerprint density at radius 1 is 1.32 bits per heavy atom. The van der Waals surface area contributed by atoms with Gasteiger partial charge in [-0.2, -0.15) is 5.26 Å². The van der Waals surface area contributed by atoms with Crippen molar-refractivity contribution in [2.75, 3.05) is 13.1 Å². The van der Waals surface area contributed by atoms with Crippen molar-refractivity contribution in [2.24, 2.45) is 0 Å². The molecule has 100 valence electrons. The van der Waals surface area contributed by atoms with Gasteiger partial charge in [-0.25, -0.2) is 0 Å². The molecule has 1 aromatic carbocycles. The maximum atomic E-state index is 9.61. The molecule has 2 aliphatic rings. The van der Waals surface area contributed by atoms with Gasteiger partial charge in [-0.05, 0) is 37.8 Å². The summed E-state index contributed by atoms with van der Waals surface area (Å²) in [5.41, 5.74) is 0.937. The van der Waals surface area contributed by atoms with Crippen LogP contribution in [0.15, 0.2) is 30.3 Å². The number of hydrogen-bond acceptors (Lipinski definition) is 3. The summed E-state index contributed by atoms with van der Waals surface area (Å²) in [6.07, 6.45) is 4.49. The first-order valence-corrected chi connectivity index (χ1v) is 7.26. The zero-order chi connectivity index (χ0) is 13.1. The number of hydrogen-bond donors (Lipinski definition) is 1. The summed E-state index contributed by atoms with van der Waals surface area (Å²) < 4.78 is 0. The van der Waals surface area contributed by atoms with Crippen LogP contribution in [0.2, 0.25) is 0 Å². The summed E-state index contributed by atoms with van der Waals surface area (Å²) in [4.78, 5) is 2.56. The van der Waals surface area contributed by atoms with Crippen LogP contribution in [-0.2, 0) is 6.54 Å². The van der Waals surface area contributed by atoms with Crippen LogP contribution in [0.3, 0.4) is 0 Å². The predicted octanol–water partition coefficient (Wildman–Crippen LogP) is 2.30. The molecule has 1 aromatic rings. The molecule has 2 fully saturated rings. The minimum absolute atomic E-state index is 0.318. The summed E-state index contributed by atoms with van der Waals surface area (Å²) in [5.74, 6) is 0. The van der Waals surface area contributed by atoms with Gasteiger partial charge in [-0.3, -0.25) is 5.32 Å².